The average molecular weight is 99.1 g/mol. The lowest BCUT2D eigenvalue weighted by Gasteiger charge is -1.76. The molecule has 0 bridgehead atoms. The summed E-state index contributed by atoms with van der Waals surface area (Å²) in [5, 5.41) is 3.67. The van der Waals surface area contributed by atoms with Crippen molar-refractivity contribution >= 4 is 5.84 Å². The summed E-state index contributed by atoms with van der Waals surface area (Å²) in [4.78, 5) is 0. The Bertz CT molecular complexity index is 134. The molecule has 1 aliphatic heterocycles. The van der Waals surface area contributed by atoms with E-state index in [1.54, 1.807) is 6.08 Å². The van der Waals surface area contributed by atoms with E-state index in [4.69, 9.17) is 11.5 Å². The van der Waals surface area contributed by atoms with E-state index in [1.165, 1.54) is 5.43 Å². The number of amidine groups is 1. The maximum Gasteiger partial charge on any atom is 0.226 e. The van der Waals surface area contributed by atoms with Gasteiger partial charge in [-0.25, -0.2) is 0 Å². The van der Waals surface area contributed by atoms with Gasteiger partial charge in [-0.1, -0.05) is 5.10 Å². The van der Waals surface area contributed by atoms with Crippen LogP contribution in [0, 0.1) is 0 Å². The average Bonchev–Trinajstić information content (AvgIpc) is 1.87. The van der Waals surface area contributed by atoms with Crippen LogP contribution in [-0.4, -0.2) is 5.84 Å². The molecule has 0 aromatic rings. The Morgan fingerprint density at radius 3 is 2.43 bits per heavy atom. The number of rotatable bonds is 0. The first kappa shape index (κ1) is 4.14. The third-order valence-corrected chi connectivity index (χ3v) is 0.677. The molecular formula is C3H7N4+. The normalized spacial score (nSPS) is 18.9. The molecule has 0 saturated carbocycles. The summed E-state index contributed by atoms with van der Waals surface area (Å²) in [7, 11) is 0. The molecule has 0 saturated heterocycles. The van der Waals surface area contributed by atoms with Crippen molar-refractivity contribution in [3.63, 3.8) is 0 Å². The second kappa shape index (κ2) is 1.23. The molecular weight excluding hydrogens is 92.1 g/mol. The van der Waals surface area contributed by atoms with Gasteiger partial charge in [0.15, 0.2) is 5.84 Å². The van der Waals surface area contributed by atoms with E-state index in [2.05, 4.69) is 5.10 Å². The quantitative estimate of drug-likeness (QED) is 0.297. The van der Waals surface area contributed by atoms with E-state index in [-0.39, 0.29) is 0 Å². The van der Waals surface area contributed by atoms with Gasteiger partial charge < -0.3 is 11.5 Å². The molecule has 0 atom stereocenters. The van der Waals surface area contributed by atoms with Gasteiger partial charge in [0.1, 0.15) is 0 Å². The summed E-state index contributed by atoms with van der Waals surface area (Å²) < 4.78 is 0. The maximum absolute atomic E-state index is 5.24. The van der Waals surface area contributed by atoms with Crippen LogP contribution in [0.1, 0.15) is 0 Å². The molecule has 1 heterocycles. The van der Waals surface area contributed by atoms with Crippen molar-refractivity contribution in [1.29, 1.82) is 0 Å². The molecule has 0 spiro atoms. The summed E-state index contributed by atoms with van der Waals surface area (Å²) >= 11 is 0. The minimum atomic E-state index is 0.484. The van der Waals surface area contributed by atoms with E-state index in [9.17, 15) is 0 Å². The highest BCUT2D eigenvalue weighted by atomic mass is 15.4. The number of nitrogens with two attached hydrogens (primary N) is 3. The first-order chi connectivity index (χ1) is 3.29. The molecule has 0 unspecified atom stereocenters. The highest BCUT2D eigenvalue weighted by molar-refractivity contribution is 5.91. The number of nitrogens with zero attached hydrogens (tertiary/aromatic N) is 1. The van der Waals surface area contributed by atoms with E-state index in [0.29, 0.717) is 11.7 Å². The molecule has 38 valence electrons. The van der Waals surface area contributed by atoms with Gasteiger partial charge in [-0.05, 0) is 0 Å². The second-order valence-corrected chi connectivity index (χ2v) is 1.33. The molecule has 0 radical (unpaired) electrons. The SMILES string of the molecule is NC1=CC(N)=N[NH2+]1. The molecule has 0 aromatic carbocycles. The molecule has 0 aromatic heterocycles. The highest BCUT2D eigenvalue weighted by Gasteiger charge is 2.02. The second-order valence-electron chi connectivity index (χ2n) is 1.33. The van der Waals surface area contributed by atoms with Gasteiger partial charge in [-0.15, -0.1) is 0 Å². The van der Waals surface area contributed by atoms with Crippen molar-refractivity contribution in [2.75, 3.05) is 0 Å². The first-order valence-electron chi connectivity index (χ1n) is 1.93. The Balaban J connectivity index is 2.69. The zero-order chi connectivity index (χ0) is 5.28. The lowest BCUT2D eigenvalue weighted by atomic mass is 10.5. The van der Waals surface area contributed by atoms with Crippen LogP contribution in [0.2, 0.25) is 0 Å². The molecule has 6 N–H and O–H groups in total. The largest absolute Gasteiger partial charge is 0.379 e. The fourth-order valence-corrected chi connectivity index (χ4v) is 0.394. The van der Waals surface area contributed by atoms with Gasteiger partial charge in [0.2, 0.25) is 5.82 Å². The summed E-state index contributed by atoms with van der Waals surface area (Å²) in [6.07, 6.45) is 1.61. The molecule has 4 nitrogen and oxygen atoms in total. The van der Waals surface area contributed by atoms with Crippen LogP contribution in [-0.2, 0) is 0 Å². The summed E-state index contributed by atoms with van der Waals surface area (Å²) in [6, 6.07) is 0. The number of hydrogen-bond donors (Lipinski definition) is 3. The standard InChI is InChI=1S/C3H6N4/c4-2-1-3(5)7-6-2/h1H,(H5,4,5,6,7)/p+1. The fraction of sp³-hybridized carbons (Fsp3) is 0. The van der Waals surface area contributed by atoms with Crippen molar-refractivity contribution in [3.05, 3.63) is 11.9 Å². The Hall–Kier alpha value is -1.03. The van der Waals surface area contributed by atoms with Crippen molar-refractivity contribution in [3.8, 4) is 0 Å². The van der Waals surface area contributed by atoms with Crippen LogP contribution in [0.4, 0.5) is 0 Å². The predicted octanol–water partition coefficient (Wildman–Crippen LogP) is -2.36. The smallest absolute Gasteiger partial charge is 0.226 e. The minimum absolute atomic E-state index is 0.484. The van der Waals surface area contributed by atoms with Gasteiger partial charge in [-0.3, -0.25) is 0 Å². The lowest BCUT2D eigenvalue weighted by Crippen LogP contribution is -2.76. The molecule has 0 amide bonds. The van der Waals surface area contributed by atoms with Gasteiger partial charge in [0.05, 0.1) is 6.08 Å². The molecule has 0 aliphatic carbocycles. The maximum atomic E-state index is 5.24. The van der Waals surface area contributed by atoms with Crippen LogP contribution in [0.25, 0.3) is 0 Å². The van der Waals surface area contributed by atoms with Gasteiger partial charge in [0.25, 0.3) is 0 Å². The summed E-state index contributed by atoms with van der Waals surface area (Å²) in [6.45, 7) is 0. The van der Waals surface area contributed by atoms with Crippen molar-refractivity contribution in [2.45, 2.75) is 0 Å². The van der Waals surface area contributed by atoms with Crippen molar-refractivity contribution < 1.29 is 5.43 Å². The van der Waals surface area contributed by atoms with E-state index in [1.807, 2.05) is 0 Å². The van der Waals surface area contributed by atoms with Crippen LogP contribution in [0.15, 0.2) is 17.0 Å². The van der Waals surface area contributed by atoms with E-state index in [0.717, 1.165) is 0 Å². The van der Waals surface area contributed by atoms with Gasteiger partial charge >= 0.3 is 0 Å². The first-order valence-corrected chi connectivity index (χ1v) is 1.93. The number of quaternary nitrogens is 1. The molecule has 7 heavy (non-hydrogen) atoms. The zero-order valence-corrected chi connectivity index (χ0v) is 3.76. The lowest BCUT2D eigenvalue weighted by molar-refractivity contribution is -0.610. The van der Waals surface area contributed by atoms with Gasteiger partial charge in [-0.2, -0.15) is 5.43 Å². The topological polar surface area (TPSA) is 81.0 Å². The van der Waals surface area contributed by atoms with Crippen LogP contribution >= 0.6 is 0 Å². The van der Waals surface area contributed by atoms with Gasteiger partial charge in [0, 0.05) is 0 Å². The molecule has 1 rings (SSSR count). The van der Waals surface area contributed by atoms with Crippen LogP contribution < -0.4 is 16.9 Å². The number of hydrogen-bond acceptors (Lipinski definition) is 3. The van der Waals surface area contributed by atoms with Crippen LogP contribution in [0.3, 0.4) is 0 Å². The van der Waals surface area contributed by atoms with Crippen molar-refractivity contribution in [1.82, 2.24) is 0 Å². The summed E-state index contributed by atoms with van der Waals surface area (Å²) in [5.41, 5.74) is 11.9. The monoisotopic (exact) mass is 99.1 g/mol. The molecule has 1 aliphatic rings. The highest BCUT2D eigenvalue weighted by Crippen LogP contribution is 1.74. The minimum Gasteiger partial charge on any atom is -0.379 e. The fourth-order valence-electron chi connectivity index (χ4n) is 0.394. The zero-order valence-electron chi connectivity index (χ0n) is 3.76. The van der Waals surface area contributed by atoms with Crippen LogP contribution in [0.5, 0.6) is 0 Å². The molecule has 0 fully saturated rings. The third kappa shape index (κ3) is 0.690. The third-order valence-electron chi connectivity index (χ3n) is 0.677. The Labute approximate surface area is 40.9 Å². The molecule has 4 heteroatoms. The Kier molecular flexibility index (Phi) is 0.729. The van der Waals surface area contributed by atoms with E-state index >= 15 is 0 Å². The summed E-state index contributed by atoms with van der Waals surface area (Å²) in [5.74, 6) is 1.11. The predicted molar refractivity (Wildman–Crippen MR) is 25.8 cm³/mol. The van der Waals surface area contributed by atoms with E-state index < -0.39 is 0 Å². The Morgan fingerprint density at radius 2 is 2.29 bits per heavy atom. The van der Waals surface area contributed by atoms with Crippen molar-refractivity contribution in [2.24, 2.45) is 16.6 Å². The Morgan fingerprint density at radius 1 is 1.57 bits per heavy atom.